The monoisotopic (exact) mass is 359 g/mol. The Morgan fingerprint density at radius 2 is 1.80 bits per heavy atom. The Hall–Kier alpha value is -1.16. The Morgan fingerprint density at radius 3 is 2.64 bits per heavy atom. The molecule has 1 atom stereocenters. The SMILES string of the molecule is NCCCCCCCC(N)c1c2c(nc3cc(Cl)ccc13)CCCC2. The molecule has 2 aromatic rings. The van der Waals surface area contributed by atoms with Crippen LogP contribution in [-0.2, 0) is 12.8 Å². The number of aryl methyl sites for hydroxylation is 1. The average molecular weight is 360 g/mol. The predicted molar refractivity (Wildman–Crippen MR) is 107 cm³/mol. The van der Waals surface area contributed by atoms with E-state index in [0.717, 1.165) is 42.8 Å². The Balaban J connectivity index is 1.81. The molecule has 136 valence electrons. The first-order valence-electron chi connectivity index (χ1n) is 9.77. The average Bonchev–Trinajstić information content (AvgIpc) is 2.62. The lowest BCUT2D eigenvalue weighted by atomic mass is 9.85. The third-order valence-electron chi connectivity index (χ3n) is 5.36. The van der Waals surface area contributed by atoms with Crippen LogP contribution in [0.1, 0.15) is 74.2 Å². The molecule has 0 saturated carbocycles. The van der Waals surface area contributed by atoms with Crippen LogP contribution in [0.5, 0.6) is 0 Å². The number of nitrogens with two attached hydrogens (primary N) is 2. The van der Waals surface area contributed by atoms with E-state index in [-0.39, 0.29) is 6.04 Å². The third kappa shape index (κ3) is 4.52. The molecule has 0 bridgehead atoms. The van der Waals surface area contributed by atoms with Crippen LogP contribution in [0.25, 0.3) is 10.9 Å². The minimum Gasteiger partial charge on any atom is -0.330 e. The first-order chi connectivity index (χ1) is 12.2. The van der Waals surface area contributed by atoms with E-state index < -0.39 is 0 Å². The summed E-state index contributed by atoms with van der Waals surface area (Å²) >= 11 is 6.20. The molecule has 0 saturated heterocycles. The molecule has 0 amide bonds. The van der Waals surface area contributed by atoms with Crippen molar-refractivity contribution in [3.05, 3.63) is 40.0 Å². The van der Waals surface area contributed by atoms with Gasteiger partial charge in [0.25, 0.3) is 0 Å². The smallest absolute Gasteiger partial charge is 0.0723 e. The molecular formula is C21H30ClN3. The summed E-state index contributed by atoms with van der Waals surface area (Å²) in [5, 5.41) is 1.94. The molecule has 0 radical (unpaired) electrons. The van der Waals surface area contributed by atoms with Crippen molar-refractivity contribution < 1.29 is 0 Å². The van der Waals surface area contributed by atoms with Crippen LogP contribution in [-0.4, -0.2) is 11.5 Å². The fourth-order valence-corrected chi connectivity index (χ4v) is 4.21. The van der Waals surface area contributed by atoms with E-state index in [9.17, 15) is 0 Å². The molecule has 1 aromatic carbocycles. The van der Waals surface area contributed by atoms with Gasteiger partial charge in [-0.15, -0.1) is 0 Å². The van der Waals surface area contributed by atoms with Crippen molar-refractivity contribution in [2.45, 2.75) is 70.3 Å². The molecule has 3 nitrogen and oxygen atoms in total. The maximum absolute atomic E-state index is 6.68. The zero-order valence-electron chi connectivity index (χ0n) is 15.1. The van der Waals surface area contributed by atoms with Crippen LogP contribution < -0.4 is 11.5 Å². The topological polar surface area (TPSA) is 64.9 Å². The van der Waals surface area contributed by atoms with Crippen molar-refractivity contribution >= 4 is 22.5 Å². The third-order valence-corrected chi connectivity index (χ3v) is 5.59. The van der Waals surface area contributed by atoms with Crippen LogP contribution in [0.3, 0.4) is 0 Å². The first-order valence-corrected chi connectivity index (χ1v) is 10.1. The van der Waals surface area contributed by atoms with E-state index in [1.54, 1.807) is 0 Å². The number of hydrogen-bond acceptors (Lipinski definition) is 3. The molecule has 4 N–H and O–H groups in total. The van der Waals surface area contributed by atoms with E-state index in [0.29, 0.717) is 0 Å². The quantitative estimate of drug-likeness (QED) is 0.647. The lowest BCUT2D eigenvalue weighted by molar-refractivity contribution is 0.546. The summed E-state index contributed by atoms with van der Waals surface area (Å²) in [6.45, 7) is 0.803. The summed E-state index contributed by atoms with van der Waals surface area (Å²) in [4.78, 5) is 4.90. The van der Waals surface area contributed by atoms with Gasteiger partial charge in [-0.1, -0.05) is 43.4 Å². The van der Waals surface area contributed by atoms with Gasteiger partial charge in [0.2, 0.25) is 0 Å². The van der Waals surface area contributed by atoms with Crippen molar-refractivity contribution in [3.63, 3.8) is 0 Å². The maximum atomic E-state index is 6.68. The van der Waals surface area contributed by atoms with Gasteiger partial charge in [0.15, 0.2) is 0 Å². The second-order valence-electron chi connectivity index (χ2n) is 7.27. The highest BCUT2D eigenvalue weighted by Gasteiger charge is 2.21. The Kier molecular flexibility index (Phi) is 6.69. The molecule has 1 aliphatic carbocycles. The molecule has 0 fully saturated rings. The van der Waals surface area contributed by atoms with Gasteiger partial charge in [-0.3, -0.25) is 4.98 Å². The molecular weight excluding hydrogens is 330 g/mol. The summed E-state index contributed by atoms with van der Waals surface area (Å²) < 4.78 is 0. The Labute approximate surface area is 156 Å². The van der Waals surface area contributed by atoms with E-state index in [1.165, 1.54) is 60.7 Å². The van der Waals surface area contributed by atoms with Crippen LogP contribution in [0, 0.1) is 0 Å². The minimum absolute atomic E-state index is 0.0908. The first kappa shape index (κ1) is 18.6. The fourth-order valence-electron chi connectivity index (χ4n) is 4.04. The zero-order valence-corrected chi connectivity index (χ0v) is 15.8. The molecule has 25 heavy (non-hydrogen) atoms. The van der Waals surface area contributed by atoms with E-state index in [4.69, 9.17) is 28.1 Å². The largest absolute Gasteiger partial charge is 0.330 e. The number of hydrogen-bond donors (Lipinski definition) is 2. The summed E-state index contributed by atoms with van der Waals surface area (Å²) in [6.07, 6.45) is 11.7. The van der Waals surface area contributed by atoms with E-state index in [2.05, 4.69) is 6.07 Å². The normalized spacial score (nSPS) is 15.3. The van der Waals surface area contributed by atoms with Gasteiger partial charge in [0.05, 0.1) is 5.52 Å². The molecule has 3 rings (SSSR count). The van der Waals surface area contributed by atoms with Gasteiger partial charge in [0.1, 0.15) is 0 Å². The number of aromatic nitrogens is 1. The maximum Gasteiger partial charge on any atom is 0.0723 e. The van der Waals surface area contributed by atoms with Crippen LogP contribution in [0.2, 0.25) is 5.02 Å². The molecule has 1 unspecified atom stereocenters. The highest BCUT2D eigenvalue weighted by Crippen LogP contribution is 2.35. The number of unbranched alkanes of at least 4 members (excludes halogenated alkanes) is 4. The standard InChI is InChI=1S/C21H30ClN3/c22-15-11-12-17-20(14-15)25-19-10-6-5-8-16(19)21(17)18(24)9-4-2-1-3-7-13-23/h11-12,14,18H,1-10,13,23-24H2. The number of fused-ring (bicyclic) bond motifs is 2. The highest BCUT2D eigenvalue weighted by molar-refractivity contribution is 6.31. The lowest BCUT2D eigenvalue weighted by Crippen LogP contribution is -2.18. The van der Waals surface area contributed by atoms with Crippen molar-refractivity contribution in [1.29, 1.82) is 0 Å². The second-order valence-corrected chi connectivity index (χ2v) is 7.71. The zero-order chi connectivity index (χ0) is 17.6. The summed E-state index contributed by atoms with van der Waals surface area (Å²) in [5.41, 5.74) is 17.2. The van der Waals surface area contributed by atoms with Crippen molar-refractivity contribution in [2.24, 2.45) is 11.5 Å². The molecule has 0 aliphatic heterocycles. The van der Waals surface area contributed by atoms with E-state index in [1.807, 2.05) is 12.1 Å². The highest BCUT2D eigenvalue weighted by atomic mass is 35.5. The van der Waals surface area contributed by atoms with Gasteiger partial charge in [-0.25, -0.2) is 0 Å². The number of rotatable bonds is 8. The van der Waals surface area contributed by atoms with Crippen molar-refractivity contribution in [2.75, 3.05) is 6.54 Å². The van der Waals surface area contributed by atoms with Crippen molar-refractivity contribution in [3.8, 4) is 0 Å². The number of halogens is 1. The van der Waals surface area contributed by atoms with Gasteiger partial charge >= 0.3 is 0 Å². The molecule has 0 spiro atoms. The van der Waals surface area contributed by atoms with Gasteiger partial charge in [-0.2, -0.15) is 0 Å². The lowest BCUT2D eigenvalue weighted by Gasteiger charge is -2.24. The molecule has 4 heteroatoms. The predicted octanol–water partition coefficient (Wildman–Crippen LogP) is 5.07. The summed E-state index contributed by atoms with van der Waals surface area (Å²) in [6, 6.07) is 6.14. The van der Waals surface area contributed by atoms with Crippen molar-refractivity contribution in [1.82, 2.24) is 4.98 Å². The Morgan fingerprint density at radius 1 is 1.04 bits per heavy atom. The van der Waals surface area contributed by atoms with E-state index >= 15 is 0 Å². The minimum atomic E-state index is 0.0908. The summed E-state index contributed by atoms with van der Waals surface area (Å²) in [7, 11) is 0. The Bertz CT molecular complexity index is 714. The van der Waals surface area contributed by atoms with Gasteiger partial charge < -0.3 is 11.5 Å². The number of nitrogens with zero attached hydrogens (tertiary/aromatic N) is 1. The van der Waals surface area contributed by atoms with Crippen LogP contribution >= 0.6 is 11.6 Å². The fraction of sp³-hybridized carbons (Fsp3) is 0.571. The van der Waals surface area contributed by atoms with Crippen LogP contribution in [0.15, 0.2) is 18.2 Å². The number of pyridine rings is 1. The molecule has 1 aromatic heterocycles. The van der Waals surface area contributed by atoms with Crippen LogP contribution in [0.4, 0.5) is 0 Å². The summed E-state index contributed by atoms with van der Waals surface area (Å²) in [5.74, 6) is 0. The molecule has 1 aliphatic rings. The van der Waals surface area contributed by atoms with Gasteiger partial charge in [-0.05, 0) is 68.3 Å². The van der Waals surface area contributed by atoms with Gasteiger partial charge in [0, 0.05) is 22.1 Å². The number of benzene rings is 1. The molecule has 1 heterocycles. The second kappa shape index (κ2) is 8.98.